The van der Waals surface area contributed by atoms with Gasteiger partial charge < -0.3 is 19.2 Å². The summed E-state index contributed by atoms with van der Waals surface area (Å²) in [5.74, 6) is -0.313. The molecule has 0 aromatic heterocycles. The van der Waals surface area contributed by atoms with Crippen molar-refractivity contribution >= 4 is 12.6 Å². The third-order valence-electron chi connectivity index (χ3n) is 3.84. The molecule has 1 aromatic rings. The van der Waals surface area contributed by atoms with E-state index in [4.69, 9.17) is 9.31 Å². The van der Waals surface area contributed by atoms with Crippen molar-refractivity contribution in [1.29, 1.82) is 0 Å². The average molecular weight is 318 g/mol. The van der Waals surface area contributed by atoms with Crippen LogP contribution in [0.2, 0.25) is 0 Å². The molecule has 2 rings (SSSR count). The molecule has 4 nitrogen and oxygen atoms in total. The molecule has 1 aliphatic heterocycles. The van der Waals surface area contributed by atoms with Gasteiger partial charge in [-0.1, -0.05) is 0 Å². The van der Waals surface area contributed by atoms with E-state index in [2.05, 4.69) is 4.74 Å². The first-order valence-electron chi connectivity index (χ1n) is 6.79. The Balaban J connectivity index is 2.21. The van der Waals surface area contributed by atoms with Crippen LogP contribution in [0.15, 0.2) is 18.2 Å². The molecule has 1 saturated heterocycles. The van der Waals surface area contributed by atoms with Crippen LogP contribution >= 0.6 is 0 Å². The number of phenolic OH excluding ortho intramolecular Hbond substituents is 1. The van der Waals surface area contributed by atoms with E-state index in [0.29, 0.717) is 5.46 Å². The fraction of sp³-hybridized carbons (Fsp3) is 0.571. The van der Waals surface area contributed by atoms with E-state index in [1.807, 2.05) is 27.7 Å². The number of halogens is 3. The van der Waals surface area contributed by atoms with Crippen molar-refractivity contribution in [2.45, 2.75) is 45.1 Å². The lowest BCUT2D eigenvalue weighted by molar-refractivity contribution is -0.153. The molecule has 0 atom stereocenters. The second kappa shape index (κ2) is 5.35. The average Bonchev–Trinajstić information content (AvgIpc) is 2.55. The van der Waals surface area contributed by atoms with Gasteiger partial charge in [0.15, 0.2) is 6.61 Å². The molecule has 8 heteroatoms. The molecule has 0 aliphatic carbocycles. The highest BCUT2D eigenvalue weighted by molar-refractivity contribution is 6.62. The van der Waals surface area contributed by atoms with Gasteiger partial charge in [-0.3, -0.25) is 0 Å². The zero-order valence-corrected chi connectivity index (χ0v) is 12.8. The second-order valence-corrected chi connectivity index (χ2v) is 6.25. The Morgan fingerprint density at radius 2 is 1.64 bits per heavy atom. The lowest BCUT2D eigenvalue weighted by Crippen LogP contribution is -2.41. The largest absolute Gasteiger partial charge is 0.508 e. The minimum Gasteiger partial charge on any atom is -0.508 e. The van der Waals surface area contributed by atoms with Gasteiger partial charge in [0.2, 0.25) is 0 Å². The first kappa shape index (κ1) is 17.0. The maximum atomic E-state index is 12.2. The van der Waals surface area contributed by atoms with E-state index < -0.39 is 31.1 Å². The zero-order valence-electron chi connectivity index (χ0n) is 12.8. The quantitative estimate of drug-likeness (QED) is 0.871. The fourth-order valence-corrected chi connectivity index (χ4v) is 1.97. The maximum absolute atomic E-state index is 12.2. The van der Waals surface area contributed by atoms with Crippen molar-refractivity contribution in [1.82, 2.24) is 0 Å². The van der Waals surface area contributed by atoms with Gasteiger partial charge in [0.25, 0.3) is 0 Å². The summed E-state index contributed by atoms with van der Waals surface area (Å²) in [6.07, 6.45) is -4.45. The summed E-state index contributed by atoms with van der Waals surface area (Å²) in [5.41, 5.74) is -0.775. The highest BCUT2D eigenvalue weighted by Gasteiger charge is 2.51. The molecule has 0 spiro atoms. The van der Waals surface area contributed by atoms with Crippen molar-refractivity contribution < 1.29 is 32.3 Å². The van der Waals surface area contributed by atoms with Crippen molar-refractivity contribution in [2.75, 3.05) is 6.61 Å². The molecule has 1 heterocycles. The number of hydrogen-bond donors (Lipinski definition) is 1. The number of aromatic hydroxyl groups is 1. The Morgan fingerprint density at radius 1 is 1.09 bits per heavy atom. The number of rotatable bonds is 3. The Kier molecular flexibility index (Phi) is 4.12. The van der Waals surface area contributed by atoms with Gasteiger partial charge in [0.05, 0.1) is 11.2 Å². The highest BCUT2D eigenvalue weighted by atomic mass is 19.4. The Morgan fingerprint density at radius 3 is 2.14 bits per heavy atom. The zero-order chi connectivity index (χ0) is 16.8. The van der Waals surface area contributed by atoms with Crippen molar-refractivity contribution in [3.63, 3.8) is 0 Å². The predicted octanol–water partition coefficient (Wildman–Crippen LogP) is 2.63. The number of alkyl halides is 3. The van der Waals surface area contributed by atoms with Crippen molar-refractivity contribution in [3.05, 3.63) is 18.2 Å². The summed E-state index contributed by atoms with van der Waals surface area (Å²) >= 11 is 0. The highest BCUT2D eigenvalue weighted by Crippen LogP contribution is 2.37. The Hall–Kier alpha value is -1.41. The molecule has 0 amide bonds. The van der Waals surface area contributed by atoms with Crippen LogP contribution in [0.4, 0.5) is 13.2 Å². The molecule has 22 heavy (non-hydrogen) atoms. The van der Waals surface area contributed by atoms with Crippen LogP contribution in [0, 0.1) is 0 Å². The Bertz CT molecular complexity index is 542. The van der Waals surface area contributed by atoms with Crippen LogP contribution < -0.4 is 10.2 Å². The van der Waals surface area contributed by atoms with Gasteiger partial charge in [-0.25, -0.2) is 0 Å². The minimum absolute atomic E-state index is 0.0953. The molecule has 122 valence electrons. The number of ether oxygens (including phenoxy) is 1. The van der Waals surface area contributed by atoms with Gasteiger partial charge in [0.1, 0.15) is 11.5 Å². The summed E-state index contributed by atoms with van der Waals surface area (Å²) in [5, 5.41) is 9.67. The summed E-state index contributed by atoms with van der Waals surface area (Å²) < 4.78 is 52.9. The molecule has 1 fully saturated rings. The summed E-state index contributed by atoms with van der Waals surface area (Å²) in [4.78, 5) is 0. The van der Waals surface area contributed by atoms with Crippen LogP contribution in [-0.2, 0) is 9.31 Å². The molecular formula is C14H18BF3O4. The minimum atomic E-state index is -4.45. The van der Waals surface area contributed by atoms with E-state index >= 15 is 0 Å². The maximum Gasteiger partial charge on any atom is 0.495 e. The van der Waals surface area contributed by atoms with E-state index in [9.17, 15) is 18.3 Å². The van der Waals surface area contributed by atoms with E-state index in [-0.39, 0.29) is 11.5 Å². The fourth-order valence-electron chi connectivity index (χ4n) is 1.97. The monoisotopic (exact) mass is 318 g/mol. The Labute approximate surface area is 127 Å². The van der Waals surface area contributed by atoms with Gasteiger partial charge in [0, 0.05) is 6.07 Å². The predicted molar refractivity (Wildman–Crippen MR) is 75.4 cm³/mol. The standard InChI is InChI=1S/C14H18BF3O4/c1-12(2)13(3,4)22-15(21-12)9-5-10(19)7-11(6-9)20-8-14(16,17)18/h5-7,19H,8H2,1-4H3. The summed E-state index contributed by atoms with van der Waals surface area (Å²) in [7, 11) is -0.787. The van der Waals surface area contributed by atoms with Crippen molar-refractivity contribution in [2.24, 2.45) is 0 Å². The first-order chi connectivity index (χ1) is 9.90. The third kappa shape index (κ3) is 3.67. The van der Waals surface area contributed by atoms with Gasteiger partial charge in [-0.15, -0.1) is 0 Å². The van der Waals surface area contributed by atoms with Crippen LogP contribution in [0.5, 0.6) is 11.5 Å². The van der Waals surface area contributed by atoms with Crippen LogP contribution in [0.25, 0.3) is 0 Å². The number of phenols is 1. The van der Waals surface area contributed by atoms with Crippen LogP contribution in [0.3, 0.4) is 0 Å². The first-order valence-corrected chi connectivity index (χ1v) is 6.79. The van der Waals surface area contributed by atoms with Crippen LogP contribution in [-0.4, -0.2) is 36.2 Å². The molecule has 0 unspecified atom stereocenters. The van der Waals surface area contributed by atoms with Gasteiger partial charge in [-0.05, 0) is 45.3 Å². The number of hydrogen-bond acceptors (Lipinski definition) is 4. The molecule has 0 saturated carbocycles. The van der Waals surface area contributed by atoms with Crippen molar-refractivity contribution in [3.8, 4) is 11.5 Å². The van der Waals surface area contributed by atoms with Gasteiger partial charge >= 0.3 is 13.3 Å². The smallest absolute Gasteiger partial charge is 0.495 e. The molecule has 1 aliphatic rings. The van der Waals surface area contributed by atoms with E-state index in [0.717, 1.165) is 6.07 Å². The molecule has 0 bridgehead atoms. The molecular weight excluding hydrogens is 300 g/mol. The third-order valence-corrected chi connectivity index (χ3v) is 3.84. The number of benzene rings is 1. The van der Waals surface area contributed by atoms with Gasteiger partial charge in [-0.2, -0.15) is 13.2 Å². The lowest BCUT2D eigenvalue weighted by Gasteiger charge is -2.32. The van der Waals surface area contributed by atoms with E-state index in [1.54, 1.807) is 0 Å². The van der Waals surface area contributed by atoms with E-state index in [1.165, 1.54) is 12.1 Å². The second-order valence-electron chi connectivity index (χ2n) is 6.25. The molecule has 1 aromatic carbocycles. The van der Waals surface area contributed by atoms with Crippen LogP contribution in [0.1, 0.15) is 27.7 Å². The SMILES string of the molecule is CC1(C)OB(c2cc(O)cc(OCC(F)(F)F)c2)OC1(C)C. The normalized spacial score (nSPS) is 20.2. The molecule has 0 radical (unpaired) electrons. The lowest BCUT2D eigenvalue weighted by atomic mass is 9.79. The molecule has 1 N–H and O–H groups in total. The topological polar surface area (TPSA) is 47.9 Å². The summed E-state index contributed by atoms with van der Waals surface area (Å²) in [6, 6.07) is 3.86. The summed E-state index contributed by atoms with van der Waals surface area (Å²) in [6.45, 7) is 6.00.